The molecule has 0 aromatic rings. The van der Waals surface area contributed by atoms with E-state index in [0.29, 0.717) is 18.0 Å². The van der Waals surface area contributed by atoms with E-state index in [-0.39, 0.29) is 17.8 Å². The summed E-state index contributed by atoms with van der Waals surface area (Å²) in [5, 5.41) is 23.1. The molecule has 0 bridgehead atoms. The Morgan fingerprint density at radius 1 is 1.52 bits per heavy atom. The number of amides is 1. The van der Waals surface area contributed by atoms with E-state index in [1.54, 1.807) is 11.9 Å². The first-order valence-electron chi connectivity index (χ1n) is 6.78. The number of aliphatic hydroxyl groups excluding tert-OH is 2. The first-order valence-corrected chi connectivity index (χ1v) is 7.66. The summed E-state index contributed by atoms with van der Waals surface area (Å²) < 4.78 is 9.69. The van der Waals surface area contributed by atoms with Gasteiger partial charge in [-0.15, -0.1) is 0 Å². The summed E-state index contributed by atoms with van der Waals surface area (Å²) >= 11 is 1.34. The number of nitrogens with one attached hydrogen (secondary N) is 1. The van der Waals surface area contributed by atoms with Crippen LogP contribution in [-0.4, -0.2) is 77.8 Å². The monoisotopic (exact) mass is 318 g/mol. The molecule has 4 atom stereocenters. The topological polar surface area (TPSA) is 96.1 Å². The molecular weight excluding hydrogens is 294 g/mol. The largest absolute Gasteiger partial charge is 0.407 e. The molecule has 3 N–H and O–H groups in total. The Labute approximate surface area is 129 Å². The van der Waals surface area contributed by atoms with E-state index in [2.05, 4.69) is 16.7 Å². The van der Waals surface area contributed by atoms with Crippen molar-refractivity contribution in [3.05, 3.63) is 0 Å². The van der Waals surface area contributed by atoms with Gasteiger partial charge in [0.25, 0.3) is 0 Å². The van der Waals surface area contributed by atoms with Crippen molar-refractivity contribution >= 4 is 29.6 Å². The van der Waals surface area contributed by atoms with Gasteiger partial charge in [-0.05, 0) is 6.42 Å². The Balaban J connectivity index is 2.64. The molecule has 120 valence electrons. The first-order chi connectivity index (χ1) is 9.88. The molecule has 1 amide bonds. The first kappa shape index (κ1) is 18.0. The van der Waals surface area contributed by atoms with Gasteiger partial charge in [-0.2, -0.15) is 0 Å². The molecule has 0 spiro atoms. The van der Waals surface area contributed by atoms with Gasteiger partial charge >= 0.3 is 5.17 Å². The lowest BCUT2D eigenvalue weighted by molar-refractivity contribution is -0.149. The van der Waals surface area contributed by atoms with Crippen LogP contribution >= 0.6 is 11.8 Å². The molecular formula is C13H24N3O4S+. The van der Waals surface area contributed by atoms with E-state index in [9.17, 15) is 15.0 Å². The van der Waals surface area contributed by atoms with Crippen LogP contribution in [0.2, 0.25) is 0 Å². The fourth-order valence-corrected chi connectivity index (χ4v) is 3.04. The molecule has 0 radical (unpaired) electrons. The molecule has 1 rings (SSSR count). The number of thioether (sulfide) groups is 1. The third-order valence-corrected chi connectivity index (χ3v) is 4.50. The number of amidine groups is 1. The Hall–Kier alpha value is -1.05. The number of carbonyl (C=O) groups is 1. The number of ether oxygens (including phenoxy) is 1. The quantitative estimate of drug-likeness (QED) is 0.341. The van der Waals surface area contributed by atoms with E-state index >= 15 is 0 Å². The van der Waals surface area contributed by atoms with Gasteiger partial charge < -0.3 is 20.3 Å². The van der Waals surface area contributed by atoms with Crippen LogP contribution in [0.3, 0.4) is 0 Å². The van der Waals surface area contributed by atoms with Gasteiger partial charge in [-0.1, -0.05) is 0 Å². The van der Waals surface area contributed by atoms with Gasteiger partial charge in [0.15, 0.2) is 6.72 Å². The second-order valence-corrected chi connectivity index (χ2v) is 6.19. The molecule has 1 heterocycles. The van der Waals surface area contributed by atoms with Crippen LogP contribution in [0.4, 0.5) is 0 Å². The number of aliphatic hydroxyl groups is 2. The lowest BCUT2D eigenvalue weighted by atomic mass is 9.98. The van der Waals surface area contributed by atoms with Crippen molar-refractivity contribution in [1.29, 1.82) is 0 Å². The van der Waals surface area contributed by atoms with Crippen LogP contribution in [0.1, 0.15) is 19.3 Å². The van der Waals surface area contributed by atoms with Gasteiger partial charge in [-0.25, -0.2) is 9.57 Å². The number of hydrogen-bond donors (Lipinski definition) is 3. The number of rotatable bonds is 4. The molecule has 0 aromatic carbocycles. The molecule has 0 aliphatic carbocycles. The number of nitrogens with zero attached hydrogens (tertiary/aromatic N) is 2. The van der Waals surface area contributed by atoms with E-state index in [1.165, 1.54) is 11.8 Å². The Morgan fingerprint density at radius 3 is 2.71 bits per heavy atom. The molecule has 7 nitrogen and oxygen atoms in total. The predicted octanol–water partition coefficient (Wildman–Crippen LogP) is -1.23. The second kappa shape index (κ2) is 8.41. The normalized spacial score (nSPS) is 28.6. The van der Waals surface area contributed by atoms with Crippen LogP contribution in [-0.2, 0) is 9.53 Å². The Kier molecular flexibility index (Phi) is 7.21. The maximum absolute atomic E-state index is 11.3. The highest BCUT2D eigenvalue weighted by molar-refractivity contribution is 8.14. The summed E-state index contributed by atoms with van der Waals surface area (Å²) in [5.41, 5.74) is -0.332. The molecule has 0 aromatic heterocycles. The summed E-state index contributed by atoms with van der Waals surface area (Å²) in [6.45, 7) is 3.50. The molecule has 1 fully saturated rings. The lowest BCUT2D eigenvalue weighted by Crippen LogP contribution is -2.48. The summed E-state index contributed by atoms with van der Waals surface area (Å²) in [6, 6.07) is 0. The smallest absolute Gasteiger partial charge is 0.390 e. The van der Waals surface area contributed by atoms with Crippen LogP contribution < -0.4 is 9.98 Å². The zero-order valence-corrected chi connectivity index (χ0v) is 13.5. The average Bonchev–Trinajstić information content (AvgIpc) is 2.45. The molecule has 1 aliphatic heterocycles. The van der Waals surface area contributed by atoms with E-state index in [1.807, 2.05) is 14.1 Å². The second-order valence-electron chi connectivity index (χ2n) is 5.06. The van der Waals surface area contributed by atoms with E-state index in [0.717, 1.165) is 0 Å². The van der Waals surface area contributed by atoms with Crippen molar-refractivity contribution in [1.82, 2.24) is 14.9 Å². The van der Waals surface area contributed by atoms with Crippen molar-refractivity contribution in [2.75, 3.05) is 21.1 Å². The SMILES string of the molecule is C=[N+]=C(SC1CC(O)C(O)C(CCC(=O)NC)O1)N(C)C. The maximum Gasteiger partial charge on any atom is 0.407 e. The third-order valence-electron chi connectivity index (χ3n) is 3.23. The molecule has 1 saturated heterocycles. The molecule has 0 saturated carbocycles. The highest BCUT2D eigenvalue weighted by Gasteiger charge is 2.38. The lowest BCUT2D eigenvalue weighted by Gasteiger charge is -2.36. The molecule has 4 unspecified atom stereocenters. The van der Waals surface area contributed by atoms with E-state index < -0.39 is 18.3 Å². The van der Waals surface area contributed by atoms with Crippen LogP contribution in [0, 0.1) is 0 Å². The minimum Gasteiger partial charge on any atom is -0.390 e. The molecule has 21 heavy (non-hydrogen) atoms. The highest BCUT2D eigenvalue weighted by atomic mass is 32.2. The van der Waals surface area contributed by atoms with Gasteiger partial charge in [0, 0.05) is 31.7 Å². The van der Waals surface area contributed by atoms with Crippen molar-refractivity contribution in [3.8, 4) is 0 Å². The van der Waals surface area contributed by atoms with Crippen LogP contribution in [0.25, 0.3) is 0 Å². The van der Waals surface area contributed by atoms with Crippen LogP contribution in [0.5, 0.6) is 0 Å². The zero-order chi connectivity index (χ0) is 16.0. The predicted molar refractivity (Wildman–Crippen MR) is 84.1 cm³/mol. The van der Waals surface area contributed by atoms with Gasteiger partial charge in [-0.3, -0.25) is 4.79 Å². The van der Waals surface area contributed by atoms with Gasteiger partial charge in [0.05, 0.1) is 26.3 Å². The van der Waals surface area contributed by atoms with Crippen LogP contribution in [0.15, 0.2) is 0 Å². The standard InChI is InChI=1S/C13H23N3O4S/c1-14-10(18)6-5-9-12(19)8(17)7-11(20-9)21-13(15-2)16(3)4/h8-9,11-12,17,19H,2,5-7H2,1,3-4H3/p+1. The minimum atomic E-state index is -0.981. The summed E-state index contributed by atoms with van der Waals surface area (Å²) in [4.78, 5) is 13.1. The van der Waals surface area contributed by atoms with Crippen molar-refractivity contribution in [2.24, 2.45) is 0 Å². The number of hydrogen-bond acceptors (Lipinski definition) is 5. The van der Waals surface area contributed by atoms with Crippen molar-refractivity contribution in [2.45, 2.75) is 43.0 Å². The Morgan fingerprint density at radius 2 is 2.19 bits per heavy atom. The van der Waals surface area contributed by atoms with E-state index in [4.69, 9.17) is 4.74 Å². The summed E-state index contributed by atoms with van der Waals surface area (Å²) in [5.74, 6) is -0.122. The van der Waals surface area contributed by atoms with Gasteiger partial charge in [0.2, 0.25) is 5.91 Å². The van der Waals surface area contributed by atoms with Gasteiger partial charge in [0.1, 0.15) is 11.5 Å². The molecule has 8 heteroatoms. The summed E-state index contributed by atoms with van der Waals surface area (Å²) in [6.07, 6.45) is -1.53. The average molecular weight is 318 g/mol. The number of carbonyl (C=O) groups excluding carboxylic acids is 1. The maximum atomic E-state index is 11.3. The molecule has 1 aliphatic rings. The third kappa shape index (κ3) is 5.33. The zero-order valence-electron chi connectivity index (χ0n) is 12.7. The fraction of sp³-hybridized carbons (Fsp3) is 0.769. The minimum absolute atomic E-state index is 0.122. The fourth-order valence-electron chi connectivity index (χ4n) is 2.03. The van der Waals surface area contributed by atoms with Crippen molar-refractivity contribution in [3.63, 3.8) is 0 Å². The highest BCUT2D eigenvalue weighted by Crippen LogP contribution is 2.30. The Bertz CT molecular complexity index is 412. The summed E-state index contributed by atoms with van der Waals surface area (Å²) in [7, 11) is 5.24. The van der Waals surface area contributed by atoms with Crippen molar-refractivity contribution < 1.29 is 19.7 Å².